The molecule has 3 aromatic rings. The van der Waals surface area contributed by atoms with Crippen LogP contribution >= 0.6 is 11.6 Å². The molecule has 0 amide bonds. The van der Waals surface area contributed by atoms with Crippen molar-refractivity contribution in [2.24, 2.45) is 0 Å². The summed E-state index contributed by atoms with van der Waals surface area (Å²) in [4.78, 5) is 15.3. The lowest BCUT2D eigenvalue weighted by Gasteiger charge is -2.26. The van der Waals surface area contributed by atoms with Crippen LogP contribution in [0.5, 0.6) is 5.75 Å². The summed E-state index contributed by atoms with van der Waals surface area (Å²) in [7, 11) is -3.88. The third kappa shape index (κ3) is 4.65. The van der Waals surface area contributed by atoms with Gasteiger partial charge >= 0.3 is 5.69 Å². The van der Waals surface area contributed by atoms with Crippen LogP contribution in [0.15, 0.2) is 41.3 Å². The minimum atomic E-state index is -3.88. The molecule has 0 saturated carbocycles. The zero-order valence-electron chi connectivity index (χ0n) is 18.1. The van der Waals surface area contributed by atoms with E-state index in [0.29, 0.717) is 5.56 Å². The Morgan fingerprint density at radius 2 is 1.91 bits per heavy atom. The Labute approximate surface area is 196 Å². The predicted octanol–water partition coefficient (Wildman–Crippen LogP) is 4.01. The number of nitrogens with zero attached hydrogens (tertiary/aromatic N) is 3. The summed E-state index contributed by atoms with van der Waals surface area (Å²) in [6, 6.07) is 9.36. The molecule has 0 bridgehead atoms. The highest BCUT2D eigenvalue weighted by Crippen LogP contribution is 2.33. The summed E-state index contributed by atoms with van der Waals surface area (Å²) >= 11 is 6.35. The average molecular weight is 492 g/mol. The van der Waals surface area contributed by atoms with E-state index >= 15 is 0 Å². The number of fused-ring (bicyclic) bond motifs is 1. The van der Waals surface area contributed by atoms with Gasteiger partial charge in [0.05, 0.1) is 28.5 Å². The van der Waals surface area contributed by atoms with E-state index < -0.39 is 20.6 Å². The number of nitro groups is 1. The van der Waals surface area contributed by atoms with Crippen LogP contribution in [0.3, 0.4) is 0 Å². The van der Waals surface area contributed by atoms with Gasteiger partial charge in [0, 0.05) is 30.1 Å². The first kappa shape index (κ1) is 23.4. The molecule has 0 N–H and O–H groups in total. The number of hydrogen-bond acceptors (Lipinski definition) is 7. The first-order valence-corrected chi connectivity index (χ1v) is 12.0. The van der Waals surface area contributed by atoms with Crippen molar-refractivity contribution < 1.29 is 22.8 Å². The van der Waals surface area contributed by atoms with Gasteiger partial charge < -0.3 is 9.47 Å². The maximum absolute atomic E-state index is 12.9. The van der Waals surface area contributed by atoms with Gasteiger partial charge in [-0.25, -0.2) is 13.4 Å². The molecule has 174 valence electrons. The van der Waals surface area contributed by atoms with Crippen molar-refractivity contribution in [3.63, 3.8) is 0 Å². The van der Waals surface area contributed by atoms with Crippen LogP contribution in [-0.2, 0) is 21.4 Å². The zero-order valence-corrected chi connectivity index (χ0v) is 19.6. The minimum Gasteiger partial charge on any atom is -0.482 e. The second kappa shape index (κ2) is 9.22. The molecule has 1 aliphatic rings. The Kier molecular flexibility index (Phi) is 6.53. The lowest BCUT2D eigenvalue weighted by atomic mass is 10.0. The normalized spacial score (nSPS) is 15.0. The molecule has 0 radical (unpaired) electrons. The van der Waals surface area contributed by atoms with Gasteiger partial charge in [0.25, 0.3) is 0 Å². The van der Waals surface area contributed by atoms with Gasteiger partial charge in [0.15, 0.2) is 5.75 Å². The number of aromatic nitrogens is 1. The smallest absolute Gasteiger partial charge is 0.312 e. The van der Waals surface area contributed by atoms with Crippen LogP contribution in [-0.4, -0.2) is 48.9 Å². The van der Waals surface area contributed by atoms with E-state index in [0.717, 1.165) is 28.1 Å². The number of aryl methyl sites for hydroxylation is 2. The molecular formula is C22H22ClN3O6S. The fourth-order valence-electron chi connectivity index (χ4n) is 3.62. The Bertz CT molecular complexity index is 1340. The van der Waals surface area contributed by atoms with E-state index in [1.807, 2.05) is 32.0 Å². The third-order valence-corrected chi connectivity index (χ3v) is 7.88. The monoisotopic (exact) mass is 491 g/mol. The van der Waals surface area contributed by atoms with Gasteiger partial charge in [0.2, 0.25) is 10.0 Å². The lowest BCUT2D eigenvalue weighted by Crippen LogP contribution is -2.40. The van der Waals surface area contributed by atoms with Crippen molar-refractivity contribution in [1.82, 2.24) is 9.29 Å². The van der Waals surface area contributed by atoms with Gasteiger partial charge in [-0.15, -0.1) is 0 Å². The second-order valence-electron chi connectivity index (χ2n) is 7.71. The summed E-state index contributed by atoms with van der Waals surface area (Å²) in [6.07, 6.45) is 0. The molecule has 0 atom stereocenters. The molecule has 1 saturated heterocycles. The Morgan fingerprint density at radius 3 is 2.61 bits per heavy atom. The topological polar surface area (TPSA) is 112 Å². The molecule has 4 rings (SSSR count). The molecule has 1 fully saturated rings. The second-order valence-corrected chi connectivity index (χ2v) is 10.0. The maximum atomic E-state index is 12.9. The van der Waals surface area contributed by atoms with Crippen molar-refractivity contribution in [2.45, 2.75) is 25.3 Å². The Morgan fingerprint density at radius 1 is 1.18 bits per heavy atom. The fourth-order valence-corrected chi connectivity index (χ4v) is 5.24. The summed E-state index contributed by atoms with van der Waals surface area (Å²) in [5, 5.41) is 12.8. The molecule has 33 heavy (non-hydrogen) atoms. The largest absolute Gasteiger partial charge is 0.482 e. The van der Waals surface area contributed by atoms with E-state index in [1.54, 1.807) is 0 Å². The van der Waals surface area contributed by atoms with E-state index in [4.69, 9.17) is 21.1 Å². The standard InChI is InChI=1S/C22H22ClN3O6S/c1-14-3-4-16-11-17(22(23)24-21(16)15(14)2)13-32-20-6-5-18(12-19(20)26(27)28)33(29,30)25-7-9-31-10-8-25/h3-6,11-12H,7-10,13H2,1-2H3. The van der Waals surface area contributed by atoms with Gasteiger partial charge in [-0.3, -0.25) is 10.1 Å². The average Bonchev–Trinajstić information content (AvgIpc) is 2.81. The highest BCUT2D eigenvalue weighted by molar-refractivity contribution is 7.89. The number of ether oxygens (including phenoxy) is 2. The molecule has 2 aromatic carbocycles. The quantitative estimate of drug-likeness (QED) is 0.291. The van der Waals surface area contributed by atoms with Crippen molar-refractivity contribution >= 4 is 38.2 Å². The fraction of sp³-hybridized carbons (Fsp3) is 0.318. The van der Waals surface area contributed by atoms with Gasteiger partial charge in [-0.1, -0.05) is 23.7 Å². The maximum Gasteiger partial charge on any atom is 0.312 e. The van der Waals surface area contributed by atoms with Crippen LogP contribution in [0.25, 0.3) is 10.9 Å². The third-order valence-electron chi connectivity index (χ3n) is 5.66. The number of benzene rings is 2. The van der Waals surface area contributed by atoms with Crippen molar-refractivity contribution in [3.8, 4) is 5.75 Å². The number of hydrogen-bond donors (Lipinski definition) is 0. The van der Waals surface area contributed by atoms with Crippen LogP contribution in [0, 0.1) is 24.0 Å². The molecule has 9 nitrogen and oxygen atoms in total. The first-order valence-electron chi connectivity index (χ1n) is 10.2. The van der Waals surface area contributed by atoms with Crippen LogP contribution in [0.1, 0.15) is 16.7 Å². The zero-order chi connectivity index (χ0) is 23.8. The number of morpholine rings is 1. The molecule has 2 heterocycles. The van der Waals surface area contributed by atoms with Crippen LogP contribution in [0.2, 0.25) is 5.15 Å². The van der Waals surface area contributed by atoms with Crippen LogP contribution < -0.4 is 4.74 Å². The molecule has 1 aliphatic heterocycles. The van der Waals surface area contributed by atoms with Gasteiger partial charge in [0.1, 0.15) is 11.8 Å². The number of sulfonamides is 1. The molecule has 0 spiro atoms. The van der Waals surface area contributed by atoms with E-state index in [9.17, 15) is 18.5 Å². The Balaban J connectivity index is 1.61. The minimum absolute atomic E-state index is 0.0582. The van der Waals surface area contributed by atoms with Crippen molar-refractivity contribution in [2.75, 3.05) is 26.3 Å². The number of halogens is 1. The highest BCUT2D eigenvalue weighted by atomic mass is 35.5. The van der Waals surface area contributed by atoms with Gasteiger partial charge in [-0.2, -0.15) is 4.31 Å². The summed E-state index contributed by atoms with van der Waals surface area (Å²) in [5.41, 5.74) is 3.02. The number of pyridine rings is 1. The summed E-state index contributed by atoms with van der Waals surface area (Å²) < 4.78 is 37.8. The predicted molar refractivity (Wildman–Crippen MR) is 123 cm³/mol. The molecular weight excluding hydrogens is 470 g/mol. The van der Waals surface area contributed by atoms with Gasteiger partial charge in [-0.05, 0) is 43.2 Å². The molecule has 0 unspecified atom stereocenters. The van der Waals surface area contributed by atoms with E-state index in [1.165, 1.54) is 16.4 Å². The Hall–Kier alpha value is -2.79. The van der Waals surface area contributed by atoms with Crippen molar-refractivity contribution in [3.05, 3.63) is 68.4 Å². The summed E-state index contributed by atoms with van der Waals surface area (Å²) in [6.45, 7) is 4.84. The number of rotatable bonds is 6. The molecule has 11 heteroatoms. The van der Waals surface area contributed by atoms with E-state index in [-0.39, 0.29) is 48.7 Å². The first-order chi connectivity index (χ1) is 15.7. The SMILES string of the molecule is Cc1ccc2cc(COc3ccc(S(=O)(=O)N4CCOCC4)cc3[N+](=O)[O-])c(Cl)nc2c1C. The molecule has 1 aromatic heterocycles. The molecule has 0 aliphatic carbocycles. The van der Waals surface area contributed by atoms with Crippen molar-refractivity contribution in [1.29, 1.82) is 0 Å². The highest BCUT2D eigenvalue weighted by Gasteiger charge is 2.29. The number of nitro benzene ring substituents is 1. The van der Waals surface area contributed by atoms with Crippen LogP contribution in [0.4, 0.5) is 5.69 Å². The van der Waals surface area contributed by atoms with E-state index in [2.05, 4.69) is 4.98 Å². The lowest BCUT2D eigenvalue weighted by molar-refractivity contribution is -0.386. The summed E-state index contributed by atoms with van der Waals surface area (Å²) in [5.74, 6) is -0.0582.